The third-order valence-electron chi connectivity index (χ3n) is 3.67. The molecular weight excluding hydrogens is 266 g/mol. The standard InChI is InChI=1S/C17H25NO3/c1-17(2,14-10-6-5-7-11-14)16(21)18-13-9-4-3-8-12-15(19)20/h5-7,10-11H,3-4,8-9,12-13H2,1-2H3,(H,18,21)(H,19,20). The van der Waals surface area contributed by atoms with Crippen LogP contribution < -0.4 is 5.32 Å². The summed E-state index contributed by atoms with van der Waals surface area (Å²) in [5.74, 6) is -0.716. The van der Waals surface area contributed by atoms with E-state index in [2.05, 4.69) is 5.32 Å². The summed E-state index contributed by atoms with van der Waals surface area (Å²) in [6, 6.07) is 9.74. The normalized spacial score (nSPS) is 11.1. The second-order valence-electron chi connectivity index (χ2n) is 5.80. The fraction of sp³-hybridized carbons (Fsp3) is 0.529. The van der Waals surface area contributed by atoms with E-state index in [1.807, 2.05) is 44.2 Å². The maximum absolute atomic E-state index is 12.3. The van der Waals surface area contributed by atoms with Crippen LogP contribution in [0.15, 0.2) is 30.3 Å². The number of unbranched alkanes of at least 4 members (excludes halogenated alkanes) is 3. The molecule has 1 rings (SSSR count). The lowest BCUT2D eigenvalue weighted by Crippen LogP contribution is -2.40. The van der Waals surface area contributed by atoms with Gasteiger partial charge in [0.25, 0.3) is 0 Å². The summed E-state index contributed by atoms with van der Waals surface area (Å²) in [5.41, 5.74) is 0.467. The topological polar surface area (TPSA) is 66.4 Å². The molecule has 116 valence electrons. The molecule has 1 aromatic rings. The molecule has 0 fully saturated rings. The lowest BCUT2D eigenvalue weighted by molar-refractivity contribution is -0.137. The highest BCUT2D eigenvalue weighted by molar-refractivity contribution is 5.87. The largest absolute Gasteiger partial charge is 0.481 e. The van der Waals surface area contributed by atoms with Gasteiger partial charge in [-0.15, -0.1) is 0 Å². The Kier molecular flexibility index (Phi) is 6.92. The van der Waals surface area contributed by atoms with Gasteiger partial charge in [0, 0.05) is 13.0 Å². The smallest absolute Gasteiger partial charge is 0.303 e. The summed E-state index contributed by atoms with van der Waals surface area (Å²) < 4.78 is 0. The van der Waals surface area contributed by atoms with Crippen LogP contribution in [0.1, 0.15) is 51.5 Å². The number of aliphatic carboxylic acids is 1. The number of nitrogens with one attached hydrogen (secondary N) is 1. The minimum Gasteiger partial charge on any atom is -0.481 e. The van der Waals surface area contributed by atoms with Gasteiger partial charge in [0.2, 0.25) is 5.91 Å². The van der Waals surface area contributed by atoms with Gasteiger partial charge < -0.3 is 10.4 Å². The predicted octanol–water partition coefficient (Wildman–Crippen LogP) is 3.12. The van der Waals surface area contributed by atoms with Gasteiger partial charge in [-0.25, -0.2) is 0 Å². The second kappa shape index (κ2) is 8.45. The van der Waals surface area contributed by atoms with Crippen molar-refractivity contribution in [3.8, 4) is 0 Å². The van der Waals surface area contributed by atoms with E-state index < -0.39 is 11.4 Å². The fourth-order valence-corrected chi connectivity index (χ4v) is 2.16. The molecule has 2 N–H and O–H groups in total. The van der Waals surface area contributed by atoms with Crippen molar-refractivity contribution < 1.29 is 14.7 Å². The molecule has 0 aliphatic rings. The van der Waals surface area contributed by atoms with Gasteiger partial charge in [0.05, 0.1) is 5.41 Å². The molecule has 21 heavy (non-hydrogen) atoms. The molecule has 0 bridgehead atoms. The van der Waals surface area contributed by atoms with Crippen LogP contribution in [0.2, 0.25) is 0 Å². The molecule has 0 aliphatic heterocycles. The average molecular weight is 291 g/mol. The van der Waals surface area contributed by atoms with E-state index in [0.29, 0.717) is 13.0 Å². The van der Waals surface area contributed by atoms with Crippen molar-refractivity contribution in [2.45, 2.75) is 51.4 Å². The van der Waals surface area contributed by atoms with E-state index in [4.69, 9.17) is 5.11 Å². The van der Waals surface area contributed by atoms with Crippen molar-refractivity contribution >= 4 is 11.9 Å². The lowest BCUT2D eigenvalue weighted by Gasteiger charge is -2.24. The second-order valence-corrected chi connectivity index (χ2v) is 5.80. The molecule has 0 saturated carbocycles. The van der Waals surface area contributed by atoms with Crippen molar-refractivity contribution in [3.05, 3.63) is 35.9 Å². The Bertz CT molecular complexity index is 454. The minimum absolute atomic E-state index is 0.0271. The molecule has 0 unspecified atom stereocenters. The molecule has 0 spiro atoms. The molecule has 0 aliphatic carbocycles. The summed E-state index contributed by atoms with van der Waals surface area (Å²) in [7, 11) is 0. The third kappa shape index (κ3) is 5.98. The summed E-state index contributed by atoms with van der Waals surface area (Å²) in [6.45, 7) is 4.48. The van der Waals surface area contributed by atoms with E-state index in [0.717, 1.165) is 24.8 Å². The van der Waals surface area contributed by atoms with E-state index in [9.17, 15) is 9.59 Å². The van der Waals surface area contributed by atoms with Gasteiger partial charge in [-0.05, 0) is 32.3 Å². The minimum atomic E-state index is -0.743. The van der Waals surface area contributed by atoms with Crippen LogP contribution in [-0.4, -0.2) is 23.5 Å². The van der Waals surface area contributed by atoms with E-state index in [1.165, 1.54) is 0 Å². The zero-order valence-corrected chi connectivity index (χ0v) is 12.9. The highest BCUT2D eigenvalue weighted by Gasteiger charge is 2.28. The Morgan fingerprint density at radius 3 is 2.29 bits per heavy atom. The first-order valence-electron chi connectivity index (χ1n) is 7.50. The quantitative estimate of drug-likeness (QED) is 0.687. The molecule has 0 aromatic heterocycles. The number of benzene rings is 1. The molecule has 1 aromatic carbocycles. The molecule has 4 nitrogen and oxygen atoms in total. The summed E-state index contributed by atoms with van der Waals surface area (Å²) in [5, 5.41) is 11.5. The van der Waals surface area contributed by atoms with Crippen molar-refractivity contribution in [2.75, 3.05) is 6.54 Å². The molecule has 0 saturated heterocycles. The third-order valence-corrected chi connectivity index (χ3v) is 3.67. The Hall–Kier alpha value is -1.84. The summed E-state index contributed by atoms with van der Waals surface area (Å²) >= 11 is 0. The molecular formula is C17H25NO3. The highest BCUT2D eigenvalue weighted by Crippen LogP contribution is 2.22. The molecule has 0 atom stereocenters. The fourth-order valence-electron chi connectivity index (χ4n) is 2.16. The molecule has 4 heteroatoms. The van der Waals surface area contributed by atoms with Crippen LogP contribution in [0.3, 0.4) is 0 Å². The van der Waals surface area contributed by atoms with Crippen LogP contribution in [0.5, 0.6) is 0 Å². The van der Waals surface area contributed by atoms with Crippen molar-refractivity contribution in [1.82, 2.24) is 5.32 Å². The number of amides is 1. The SMILES string of the molecule is CC(C)(C(=O)NCCCCCCC(=O)O)c1ccccc1. The van der Waals surface area contributed by atoms with Crippen LogP contribution in [0.25, 0.3) is 0 Å². The number of hydrogen-bond acceptors (Lipinski definition) is 2. The first kappa shape index (κ1) is 17.2. The zero-order chi connectivity index (χ0) is 15.7. The Labute approximate surface area is 126 Å². The van der Waals surface area contributed by atoms with E-state index >= 15 is 0 Å². The van der Waals surface area contributed by atoms with Crippen LogP contribution in [0, 0.1) is 0 Å². The van der Waals surface area contributed by atoms with Crippen molar-refractivity contribution in [3.63, 3.8) is 0 Å². The van der Waals surface area contributed by atoms with Crippen LogP contribution in [0.4, 0.5) is 0 Å². The summed E-state index contributed by atoms with van der Waals surface area (Å²) in [4.78, 5) is 22.6. The van der Waals surface area contributed by atoms with Gasteiger partial charge in [0.1, 0.15) is 0 Å². The molecule has 1 amide bonds. The number of carbonyl (C=O) groups is 2. The zero-order valence-electron chi connectivity index (χ0n) is 12.9. The average Bonchev–Trinajstić information content (AvgIpc) is 2.46. The number of rotatable bonds is 9. The van der Waals surface area contributed by atoms with Crippen molar-refractivity contribution in [2.24, 2.45) is 0 Å². The monoisotopic (exact) mass is 291 g/mol. The van der Waals surface area contributed by atoms with E-state index in [1.54, 1.807) is 0 Å². The van der Waals surface area contributed by atoms with Gasteiger partial charge in [-0.3, -0.25) is 9.59 Å². The van der Waals surface area contributed by atoms with E-state index in [-0.39, 0.29) is 12.3 Å². The maximum atomic E-state index is 12.3. The van der Waals surface area contributed by atoms with Gasteiger partial charge in [0.15, 0.2) is 0 Å². The maximum Gasteiger partial charge on any atom is 0.303 e. The first-order chi connectivity index (χ1) is 9.94. The number of carbonyl (C=O) groups excluding carboxylic acids is 1. The van der Waals surface area contributed by atoms with Gasteiger partial charge >= 0.3 is 5.97 Å². The molecule has 0 radical (unpaired) electrons. The Balaban J connectivity index is 2.26. The Morgan fingerprint density at radius 2 is 1.67 bits per heavy atom. The first-order valence-corrected chi connectivity index (χ1v) is 7.50. The van der Waals surface area contributed by atoms with Crippen LogP contribution >= 0.6 is 0 Å². The number of hydrogen-bond donors (Lipinski definition) is 2. The Morgan fingerprint density at radius 1 is 1.05 bits per heavy atom. The van der Waals surface area contributed by atoms with Crippen molar-refractivity contribution in [1.29, 1.82) is 0 Å². The predicted molar refractivity (Wildman–Crippen MR) is 83.2 cm³/mol. The highest BCUT2D eigenvalue weighted by atomic mass is 16.4. The molecule has 0 heterocycles. The number of carboxylic acid groups (broad SMARTS) is 1. The summed E-state index contributed by atoms with van der Waals surface area (Å²) in [6.07, 6.45) is 3.66. The number of carboxylic acids is 1. The van der Waals surface area contributed by atoms with Crippen LogP contribution in [-0.2, 0) is 15.0 Å². The van der Waals surface area contributed by atoms with Gasteiger partial charge in [-0.1, -0.05) is 43.2 Å². The lowest BCUT2D eigenvalue weighted by atomic mass is 9.84. The van der Waals surface area contributed by atoms with Gasteiger partial charge in [-0.2, -0.15) is 0 Å².